The number of rotatable bonds is 4. The van der Waals surface area contributed by atoms with Crippen molar-refractivity contribution in [3.05, 3.63) is 53.6 Å². The Balaban J connectivity index is 2.38. The minimum Gasteiger partial charge on any atom is -0.326 e. The van der Waals surface area contributed by atoms with E-state index in [1.54, 1.807) is 18.2 Å². The van der Waals surface area contributed by atoms with E-state index in [0.717, 1.165) is 11.3 Å². The molecule has 0 bridgehead atoms. The van der Waals surface area contributed by atoms with E-state index in [4.69, 9.17) is 0 Å². The summed E-state index contributed by atoms with van der Waals surface area (Å²) in [7, 11) is 0. The van der Waals surface area contributed by atoms with E-state index in [1.807, 2.05) is 24.3 Å². The standard InChI is InChI=1S/C21H25N3O3/c1-13(25)22-16-10-15(11-17(12-16)23-14(2)26)20(27)24-19-9-7-6-8-18(19)21(3,4)5/h6-12H,1-5H3,(H,22,25)(H,23,26)(H,24,27). The van der Waals surface area contributed by atoms with E-state index in [9.17, 15) is 14.4 Å². The van der Waals surface area contributed by atoms with Crippen molar-refractivity contribution in [3.8, 4) is 0 Å². The zero-order chi connectivity index (χ0) is 20.2. The molecule has 3 amide bonds. The zero-order valence-corrected chi connectivity index (χ0v) is 16.3. The number of amides is 3. The second kappa shape index (κ2) is 8.03. The van der Waals surface area contributed by atoms with Gasteiger partial charge in [0.05, 0.1) is 0 Å². The molecule has 0 atom stereocenters. The highest BCUT2D eigenvalue weighted by atomic mass is 16.2. The molecule has 0 fully saturated rings. The first-order valence-corrected chi connectivity index (χ1v) is 8.67. The molecular weight excluding hydrogens is 342 g/mol. The summed E-state index contributed by atoms with van der Waals surface area (Å²) in [6, 6.07) is 12.4. The van der Waals surface area contributed by atoms with Crippen LogP contribution in [0.3, 0.4) is 0 Å². The van der Waals surface area contributed by atoms with Crippen LogP contribution in [-0.2, 0) is 15.0 Å². The summed E-state index contributed by atoms with van der Waals surface area (Å²) in [5.74, 6) is -0.857. The normalized spacial score (nSPS) is 10.9. The Labute approximate surface area is 159 Å². The first kappa shape index (κ1) is 20.2. The van der Waals surface area contributed by atoms with Crippen LogP contribution in [0, 0.1) is 0 Å². The van der Waals surface area contributed by atoms with Crippen molar-refractivity contribution in [2.45, 2.75) is 40.0 Å². The van der Waals surface area contributed by atoms with E-state index >= 15 is 0 Å². The van der Waals surface area contributed by atoms with Crippen LogP contribution in [0.2, 0.25) is 0 Å². The lowest BCUT2D eigenvalue weighted by Crippen LogP contribution is -2.19. The third-order valence-corrected chi connectivity index (χ3v) is 3.82. The largest absolute Gasteiger partial charge is 0.326 e. The predicted molar refractivity (Wildman–Crippen MR) is 108 cm³/mol. The number of carbonyl (C=O) groups is 3. The molecule has 6 heteroatoms. The number of hydrogen-bond donors (Lipinski definition) is 3. The first-order chi connectivity index (χ1) is 12.6. The Kier molecular flexibility index (Phi) is 6.00. The van der Waals surface area contributed by atoms with Crippen molar-refractivity contribution in [3.63, 3.8) is 0 Å². The first-order valence-electron chi connectivity index (χ1n) is 8.67. The minimum atomic E-state index is -0.328. The van der Waals surface area contributed by atoms with E-state index in [-0.39, 0.29) is 23.1 Å². The van der Waals surface area contributed by atoms with Gasteiger partial charge in [0.25, 0.3) is 5.91 Å². The predicted octanol–water partition coefficient (Wildman–Crippen LogP) is 4.15. The van der Waals surface area contributed by atoms with E-state index < -0.39 is 0 Å². The van der Waals surface area contributed by atoms with Crippen molar-refractivity contribution < 1.29 is 14.4 Å². The van der Waals surface area contributed by atoms with Crippen molar-refractivity contribution in [2.75, 3.05) is 16.0 Å². The molecule has 142 valence electrons. The Bertz CT molecular complexity index is 848. The fourth-order valence-corrected chi connectivity index (χ4v) is 2.75. The summed E-state index contributed by atoms with van der Waals surface area (Å²) in [6.45, 7) is 8.98. The SMILES string of the molecule is CC(=O)Nc1cc(NC(C)=O)cc(C(=O)Nc2ccccc2C(C)(C)C)c1. The highest BCUT2D eigenvalue weighted by Crippen LogP contribution is 2.30. The van der Waals surface area contributed by atoms with Crippen LogP contribution in [-0.4, -0.2) is 17.7 Å². The molecule has 0 aromatic heterocycles. The molecule has 0 spiro atoms. The summed E-state index contributed by atoms with van der Waals surface area (Å²) in [5.41, 5.74) is 2.79. The van der Waals surface area contributed by atoms with Gasteiger partial charge in [-0.25, -0.2) is 0 Å². The maximum Gasteiger partial charge on any atom is 0.255 e. The van der Waals surface area contributed by atoms with Gasteiger partial charge in [0, 0.05) is 36.5 Å². The van der Waals surface area contributed by atoms with Gasteiger partial charge in [-0.3, -0.25) is 14.4 Å². The molecule has 2 rings (SSSR count). The summed E-state index contributed by atoms with van der Waals surface area (Å²) in [4.78, 5) is 35.6. The molecule has 0 unspecified atom stereocenters. The van der Waals surface area contributed by atoms with Crippen molar-refractivity contribution in [1.29, 1.82) is 0 Å². The van der Waals surface area contributed by atoms with Gasteiger partial charge >= 0.3 is 0 Å². The summed E-state index contributed by atoms with van der Waals surface area (Å²) in [5, 5.41) is 8.22. The fourth-order valence-electron chi connectivity index (χ4n) is 2.75. The van der Waals surface area contributed by atoms with Gasteiger partial charge in [0.15, 0.2) is 0 Å². The highest BCUT2D eigenvalue weighted by Gasteiger charge is 2.19. The molecule has 0 heterocycles. The van der Waals surface area contributed by atoms with Crippen LogP contribution in [0.4, 0.5) is 17.1 Å². The molecule has 2 aromatic rings. The van der Waals surface area contributed by atoms with Crippen molar-refractivity contribution in [2.24, 2.45) is 0 Å². The van der Waals surface area contributed by atoms with Crippen molar-refractivity contribution in [1.82, 2.24) is 0 Å². The van der Waals surface area contributed by atoms with E-state index in [1.165, 1.54) is 13.8 Å². The number of anilines is 3. The van der Waals surface area contributed by atoms with Gasteiger partial charge in [0.1, 0.15) is 0 Å². The number of hydrogen-bond acceptors (Lipinski definition) is 3. The lowest BCUT2D eigenvalue weighted by Gasteiger charge is -2.23. The Morgan fingerprint density at radius 2 is 1.30 bits per heavy atom. The second-order valence-electron chi connectivity index (χ2n) is 7.41. The fraction of sp³-hybridized carbons (Fsp3) is 0.286. The third kappa shape index (κ3) is 5.67. The Hall–Kier alpha value is -3.15. The smallest absolute Gasteiger partial charge is 0.255 e. The summed E-state index contributed by atoms with van der Waals surface area (Å²) in [6.07, 6.45) is 0. The Morgan fingerprint density at radius 3 is 1.78 bits per heavy atom. The quantitative estimate of drug-likeness (QED) is 0.758. The number of para-hydroxylation sites is 1. The van der Waals surface area contributed by atoms with Gasteiger partial charge in [-0.1, -0.05) is 39.0 Å². The molecule has 0 aliphatic heterocycles. The molecule has 0 saturated heterocycles. The highest BCUT2D eigenvalue weighted by molar-refractivity contribution is 6.07. The molecule has 0 radical (unpaired) electrons. The van der Waals surface area contributed by atoms with Crippen LogP contribution in [0.25, 0.3) is 0 Å². The molecule has 2 aromatic carbocycles. The average molecular weight is 367 g/mol. The number of carbonyl (C=O) groups excluding carboxylic acids is 3. The summed E-state index contributed by atoms with van der Waals surface area (Å²) >= 11 is 0. The lowest BCUT2D eigenvalue weighted by molar-refractivity contribution is -0.115. The molecule has 27 heavy (non-hydrogen) atoms. The van der Waals surface area contributed by atoms with Gasteiger partial charge in [-0.05, 0) is 35.2 Å². The monoisotopic (exact) mass is 367 g/mol. The molecule has 6 nitrogen and oxygen atoms in total. The van der Waals surface area contributed by atoms with Crippen LogP contribution in [0.5, 0.6) is 0 Å². The molecule has 0 aliphatic carbocycles. The van der Waals surface area contributed by atoms with Gasteiger partial charge in [-0.2, -0.15) is 0 Å². The van der Waals surface area contributed by atoms with Gasteiger partial charge in [-0.15, -0.1) is 0 Å². The maximum atomic E-state index is 12.8. The topological polar surface area (TPSA) is 87.3 Å². The Morgan fingerprint density at radius 1 is 0.778 bits per heavy atom. The van der Waals surface area contributed by atoms with Crippen LogP contribution >= 0.6 is 0 Å². The van der Waals surface area contributed by atoms with Crippen LogP contribution < -0.4 is 16.0 Å². The van der Waals surface area contributed by atoms with Gasteiger partial charge < -0.3 is 16.0 Å². The molecule has 3 N–H and O–H groups in total. The molecule has 0 saturated carbocycles. The number of nitrogens with one attached hydrogen (secondary N) is 3. The second-order valence-corrected chi connectivity index (χ2v) is 7.41. The van der Waals surface area contributed by atoms with Gasteiger partial charge in [0.2, 0.25) is 11.8 Å². The van der Waals surface area contributed by atoms with E-state index in [0.29, 0.717) is 16.9 Å². The lowest BCUT2D eigenvalue weighted by atomic mass is 9.86. The van der Waals surface area contributed by atoms with Crippen molar-refractivity contribution >= 4 is 34.8 Å². The molecular formula is C21H25N3O3. The van der Waals surface area contributed by atoms with Crippen LogP contribution in [0.1, 0.15) is 50.5 Å². The third-order valence-electron chi connectivity index (χ3n) is 3.82. The average Bonchev–Trinajstić information content (AvgIpc) is 2.52. The maximum absolute atomic E-state index is 12.8. The molecule has 0 aliphatic rings. The number of benzene rings is 2. The van der Waals surface area contributed by atoms with Crippen LogP contribution in [0.15, 0.2) is 42.5 Å². The zero-order valence-electron chi connectivity index (χ0n) is 16.3. The minimum absolute atomic E-state index is 0.136. The summed E-state index contributed by atoms with van der Waals surface area (Å²) < 4.78 is 0. The van der Waals surface area contributed by atoms with E-state index in [2.05, 4.69) is 36.7 Å².